The molecule has 0 unspecified atom stereocenters. The molecule has 0 aliphatic carbocycles. The monoisotopic (exact) mass is 276 g/mol. The van der Waals surface area contributed by atoms with E-state index in [2.05, 4.69) is 16.7 Å². The Labute approximate surface area is 118 Å². The predicted octanol–water partition coefficient (Wildman–Crippen LogP) is 2.16. The number of hydrogen-bond donors (Lipinski definition) is 2. The number of fused-ring (bicyclic) bond motifs is 1. The van der Waals surface area contributed by atoms with E-state index in [-0.39, 0.29) is 5.91 Å². The lowest BCUT2D eigenvalue weighted by Gasteiger charge is -2.21. The quantitative estimate of drug-likeness (QED) is 0.889. The molecule has 0 radical (unpaired) electrons. The van der Waals surface area contributed by atoms with Crippen LogP contribution >= 0.6 is 11.8 Å². The molecular formula is C15H20N2OS. The van der Waals surface area contributed by atoms with E-state index in [0.717, 1.165) is 25.2 Å². The summed E-state index contributed by atoms with van der Waals surface area (Å²) >= 11 is 2.02. The van der Waals surface area contributed by atoms with Gasteiger partial charge >= 0.3 is 0 Å². The molecule has 0 saturated carbocycles. The zero-order chi connectivity index (χ0) is 13.1. The second kappa shape index (κ2) is 5.97. The molecule has 2 heterocycles. The smallest absolute Gasteiger partial charge is 0.251 e. The molecule has 1 saturated heterocycles. The summed E-state index contributed by atoms with van der Waals surface area (Å²) in [6, 6.07) is 6.04. The molecule has 1 aromatic carbocycles. The van der Waals surface area contributed by atoms with Gasteiger partial charge in [-0.15, -0.1) is 0 Å². The standard InChI is InChI=1S/C15H20N2OS/c18-15(17-8-11-3-5-19-6-4-11)12-1-2-13-9-16-10-14(13)7-12/h1-2,7,11,16H,3-6,8-10H2,(H,17,18). The molecule has 0 atom stereocenters. The van der Waals surface area contributed by atoms with Crippen LogP contribution in [0.2, 0.25) is 0 Å². The summed E-state index contributed by atoms with van der Waals surface area (Å²) in [7, 11) is 0. The van der Waals surface area contributed by atoms with Gasteiger partial charge < -0.3 is 10.6 Å². The Morgan fingerprint density at radius 2 is 2.05 bits per heavy atom. The first kappa shape index (κ1) is 13.0. The Hall–Kier alpha value is -1.00. The van der Waals surface area contributed by atoms with Crippen molar-refractivity contribution in [3.63, 3.8) is 0 Å². The largest absolute Gasteiger partial charge is 0.352 e. The Kier molecular flexibility index (Phi) is 4.09. The molecule has 2 aliphatic heterocycles. The molecule has 2 aliphatic rings. The van der Waals surface area contributed by atoms with Crippen LogP contribution in [-0.2, 0) is 13.1 Å². The first-order valence-corrected chi connectivity index (χ1v) is 8.17. The van der Waals surface area contributed by atoms with Gasteiger partial charge in [-0.1, -0.05) is 6.07 Å². The van der Waals surface area contributed by atoms with Crippen molar-refractivity contribution in [2.24, 2.45) is 5.92 Å². The summed E-state index contributed by atoms with van der Waals surface area (Å²) in [4.78, 5) is 12.2. The van der Waals surface area contributed by atoms with Crippen molar-refractivity contribution in [1.82, 2.24) is 10.6 Å². The normalized spacial score (nSPS) is 19.2. The van der Waals surface area contributed by atoms with Crippen molar-refractivity contribution in [2.75, 3.05) is 18.1 Å². The number of carbonyl (C=O) groups is 1. The second-order valence-corrected chi connectivity index (χ2v) is 6.58. The fourth-order valence-corrected chi connectivity index (χ4v) is 3.93. The average Bonchev–Trinajstić information content (AvgIpc) is 2.93. The number of thioether (sulfide) groups is 1. The maximum atomic E-state index is 12.2. The van der Waals surface area contributed by atoms with Gasteiger partial charge in [0.15, 0.2) is 0 Å². The lowest BCUT2D eigenvalue weighted by Crippen LogP contribution is -2.31. The van der Waals surface area contributed by atoms with Crippen molar-refractivity contribution in [3.8, 4) is 0 Å². The predicted molar refractivity (Wildman–Crippen MR) is 79.4 cm³/mol. The van der Waals surface area contributed by atoms with E-state index >= 15 is 0 Å². The van der Waals surface area contributed by atoms with Crippen LogP contribution in [0.4, 0.5) is 0 Å². The van der Waals surface area contributed by atoms with Crippen LogP contribution in [0, 0.1) is 5.92 Å². The van der Waals surface area contributed by atoms with Crippen LogP contribution in [-0.4, -0.2) is 24.0 Å². The van der Waals surface area contributed by atoms with Crippen LogP contribution in [0.25, 0.3) is 0 Å². The molecule has 3 rings (SSSR count). The number of hydrogen-bond acceptors (Lipinski definition) is 3. The van der Waals surface area contributed by atoms with Gasteiger partial charge in [0.1, 0.15) is 0 Å². The lowest BCUT2D eigenvalue weighted by atomic mass is 10.0. The van der Waals surface area contributed by atoms with Crippen molar-refractivity contribution in [1.29, 1.82) is 0 Å². The fourth-order valence-electron chi connectivity index (χ4n) is 2.73. The van der Waals surface area contributed by atoms with E-state index in [0.29, 0.717) is 5.92 Å². The highest BCUT2D eigenvalue weighted by atomic mass is 32.2. The summed E-state index contributed by atoms with van der Waals surface area (Å²) in [5.41, 5.74) is 3.38. The molecule has 102 valence electrons. The SMILES string of the molecule is O=C(NCC1CCSCC1)c1ccc2c(c1)CNC2. The molecule has 3 nitrogen and oxygen atoms in total. The van der Waals surface area contributed by atoms with Crippen LogP contribution in [0.1, 0.15) is 34.3 Å². The van der Waals surface area contributed by atoms with E-state index in [1.54, 1.807) is 0 Å². The molecule has 0 aromatic heterocycles. The molecule has 4 heteroatoms. The molecule has 0 spiro atoms. The summed E-state index contributed by atoms with van der Waals surface area (Å²) < 4.78 is 0. The molecule has 1 aromatic rings. The first-order valence-electron chi connectivity index (χ1n) is 7.01. The molecule has 0 bridgehead atoms. The second-order valence-electron chi connectivity index (χ2n) is 5.35. The molecule has 19 heavy (non-hydrogen) atoms. The maximum Gasteiger partial charge on any atom is 0.251 e. The van der Waals surface area contributed by atoms with E-state index in [4.69, 9.17) is 0 Å². The topological polar surface area (TPSA) is 41.1 Å². The van der Waals surface area contributed by atoms with Crippen LogP contribution in [0.3, 0.4) is 0 Å². The summed E-state index contributed by atoms with van der Waals surface area (Å²) in [5, 5.41) is 6.39. The van der Waals surface area contributed by atoms with Crippen molar-refractivity contribution < 1.29 is 4.79 Å². The molecular weight excluding hydrogens is 256 g/mol. The number of amides is 1. The van der Waals surface area contributed by atoms with Gasteiger partial charge in [0.2, 0.25) is 0 Å². The van der Waals surface area contributed by atoms with E-state index < -0.39 is 0 Å². The zero-order valence-corrected chi connectivity index (χ0v) is 11.9. The minimum absolute atomic E-state index is 0.0768. The van der Waals surface area contributed by atoms with Crippen LogP contribution in [0.5, 0.6) is 0 Å². The highest BCUT2D eigenvalue weighted by molar-refractivity contribution is 7.99. The average molecular weight is 276 g/mol. The molecule has 1 fully saturated rings. The Bertz CT molecular complexity index is 469. The number of benzene rings is 1. The fraction of sp³-hybridized carbons (Fsp3) is 0.533. The lowest BCUT2D eigenvalue weighted by molar-refractivity contribution is 0.0946. The van der Waals surface area contributed by atoms with Crippen LogP contribution in [0.15, 0.2) is 18.2 Å². The third-order valence-electron chi connectivity index (χ3n) is 3.99. The van der Waals surface area contributed by atoms with Gasteiger partial charge in [-0.3, -0.25) is 4.79 Å². The van der Waals surface area contributed by atoms with Gasteiger partial charge in [0.05, 0.1) is 0 Å². The van der Waals surface area contributed by atoms with E-state index in [9.17, 15) is 4.79 Å². The minimum Gasteiger partial charge on any atom is -0.352 e. The highest BCUT2D eigenvalue weighted by Crippen LogP contribution is 2.22. The summed E-state index contributed by atoms with van der Waals surface area (Å²) in [6.45, 7) is 2.64. The zero-order valence-electron chi connectivity index (χ0n) is 11.1. The maximum absolute atomic E-state index is 12.2. The Morgan fingerprint density at radius 3 is 2.89 bits per heavy atom. The minimum atomic E-state index is 0.0768. The summed E-state index contributed by atoms with van der Waals surface area (Å²) in [5.74, 6) is 3.23. The summed E-state index contributed by atoms with van der Waals surface area (Å²) in [6.07, 6.45) is 2.47. The van der Waals surface area contributed by atoms with E-state index in [1.165, 1.54) is 35.5 Å². The number of rotatable bonds is 3. The van der Waals surface area contributed by atoms with Gasteiger partial charge in [-0.25, -0.2) is 0 Å². The van der Waals surface area contributed by atoms with Crippen molar-refractivity contribution in [3.05, 3.63) is 34.9 Å². The Balaban J connectivity index is 1.57. The molecule has 1 amide bonds. The van der Waals surface area contributed by atoms with Crippen molar-refractivity contribution in [2.45, 2.75) is 25.9 Å². The van der Waals surface area contributed by atoms with Gasteiger partial charge in [-0.2, -0.15) is 11.8 Å². The highest BCUT2D eigenvalue weighted by Gasteiger charge is 2.16. The van der Waals surface area contributed by atoms with Gasteiger partial charge in [-0.05, 0) is 53.5 Å². The molecule has 2 N–H and O–H groups in total. The third kappa shape index (κ3) is 3.12. The van der Waals surface area contributed by atoms with Gasteiger partial charge in [0, 0.05) is 25.2 Å². The number of carbonyl (C=O) groups excluding carboxylic acids is 1. The van der Waals surface area contributed by atoms with Crippen molar-refractivity contribution >= 4 is 17.7 Å². The van der Waals surface area contributed by atoms with Crippen LogP contribution < -0.4 is 10.6 Å². The third-order valence-corrected chi connectivity index (χ3v) is 5.04. The van der Waals surface area contributed by atoms with Gasteiger partial charge in [0.25, 0.3) is 5.91 Å². The first-order chi connectivity index (χ1) is 9.33. The number of nitrogens with one attached hydrogen (secondary N) is 2. The Morgan fingerprint density at radius 1 is 1.26 bits per heavy atom. The van der Waals surface area contributed by atoms with E-state index in [1.807, 2.05) is 23.9 Å².